The Kier molecular flexibility index (Phi) is 9.77. The highest BCUT2D eigenvalue weighted by molar-refractivity contribution is 6.00. The van der Waals surface area contributed by atoms with Gasteiger partial charge in [0.05, 0.1) is 12.0 Å². The molecular formula is C43H66N2O5. The van der Waals surface area contributed by atoms with E-state index in [2.05, 4.69) is 45.3 Å². The third-order valence-electron chi connectivity index (χ3n) is 17.0. The van der Waals surface area contributed by atoms with Crippen LogP contribution in [0.3, 0.4) is 0 Å². The molecular weight excluding hydrogens is 624 g/mol. The Labute approximate surface area is 301 Å². The van der Waals surface area contributed by atoms with Crippen LogP contribution in [-0.2, 0) is 19.2 Å². The summed E-state index contributed by atoms with van der Waals surface area (Å²) < 4.78 is 0. The Morgan fingerprint density at radius 2 is 1.62 bits per heavy atom. The molecule has 0 spiro atoms. The molecule has 7 rings (SSSR count). The minimum atomic E-state index is -0.751. The number of fused-ring (bicyclic) bond motifs is 7. The van der Waals surface area contributed by atoms with Crippen molar-refractivity contribution in [3.63, 3.8) is 0 Å². The number of hydrogen-bond acceptors (Lipinski definition) is 5. The fourth-order valence-electron chi connectivity index (χ4n) is 14.3. The monoisotopic (exact) mass is 690 g/mol. The van der Waals surface area contributed by atoms with Crippen LogP contribution in [0.2, 0.25) is 0 Å². The van der Waals surface area contributed by atoms with Crippen LogP contribution in [0, 0.1) is 75.4 Å². The molecule has 0 radical (unpaired) electrons. The second-order valence-corrected chi connectivity index (χ2v) is 19.4. The number of allylic oxidation sites excluding steroid dienone is 2. The summed E-state index contributed by atoms with van der Waals surface area (Å²) in [5.74, 6) is 3.09. The number of carbonyl (C=O) groups excluding carboxylic acids is 3. The van der Waals surface area contributed by atoms with E-state index < -0.39 is 5.97 Å². The normalized spacial score (nSPS) is 45.5. The number of aliphatic carboxylic acids is 1. The summed E-state index contributed by atoms with van der Waals surface area (Å²) in [6.07, 6.45) is 15.2. The number of carboxylic acid groups (broad SMARTS) is 1. The Bertz CT molecular complexity index is 1410. The highest BCUT2D eigenvalue weighted by Crippen LogP contribution is 2.72. The lowest BCUT2D eigenvalue weighted by Crippen LogP contribution is -2.60. The summed E-state index contributed by atoms with van der Waals surface area (Å²) in [5, 5.41) is 16.1. The summed E-state index contributed by atoms with van der Waals surface area (Å²) in [6, 6.07) is -0.0774. The first-order valence-corrected chi connectivity index (χ1v) is 20.8. The number of hydrogen-bond donors (Lipinski definition) is 3. The summed E-state index contributed by atoms with van der Waals surface area (Å²) in [5.41, 5.74) is 3.06. The predicted octanol–water partition coefficient (Wildman–Crippen LogP) is 7.77. The molecule has 7 nitrogen and oxygen atoms in total. The first-order chi connectivity index (χ1) is 23.7. The van der Waals surface area contributed by atoms with Crippen LogP contribution >= 0.6 is 0 Å². The topological polar surface area (TPSA) is 113 Å². The Balaban J connectivity index is 1.06. The van der Waals surface area contributed by atoms with Crippen LogP contribution in [0.25, 0.3) is 0 Å². The molecule has 6 aliphatic carbocycles. The minimum absolute atomic E-state index is 0.0388. The zero-order valence-electron chi connectivity index (χ0n) is 32.0. The maximum Gasteiger partial charge on any atom is 0.306 e. The first-order valence-electron chi connectivity index (χ1n) is 20.8. The van der Waals surface area contributed by atoms with E-state index in [0.717, 1.165) is 50.6 Å². The van der Waals surface area contributed by atoms with Crippen molar-refractivity contribution in [1.82, 2.24) is 10.6 Å². The van der Waals surface area contributed by atoms with Gasteiger partial charge in [-0.05, 0) is 147 Å². The lowest BCUT2D eigenvalue weighted by atomic mass is 9.37. The van der Waals surface area contributed by atoms with Crippen LogP contribution in [0.15, 0.2) is 11.1 Å². The lowest BCUT2D eigenvalue weighted by Gasteiger charge is -2.67. The third kappa shape index (κ3) is 5.77. The molecule has 13 atom stereocenters. The second-order valence-electron chi connectivity index (χ2n) is 19.4. The SMILES string of the molecule is CC(C)C1=C2C3CCC4C(C)(CCC5C(C)C(CC(=O)C6CC(C(=O)O)C6C)CCC54C)C3CCC2(CCNC(=O)C2CCCCN2)CC1=O. The second kappa shape index (κ2) is 13.4. The fourth-order valence-corrected chi connectivity index (χ4v) is 14.3. The van der Waals surface area contributed by atoms with E-state index >= 15 is 0 Å². The summed E-state index contributed by atoms with van der Waals surface area (Å²) >= 11 is 0. The largest absolute Gasteiger partial charge is 0.481 e. The lowest BCUT2D eigenvalue weighted by molar-refractivity contribution is -0.172. The smallest absolute Gasteiger partial charge is 0.306 e. The molecule has 7 aliphatic rings. The molecule has 1 saturated heterocycles. The number of piperidine rings is 1. The van der Waals surface area contributed by atoms with Crippen LogP contribution in [0.4, 0.5) is 0 Å². The van der Waals surface area contributed by atoms with Gasteiger partial charge in [-0.25, -0.2) is 0 Å². The van der Waals surface area contributed by atoms with Crippen molar-refractivity contribution >= 4 is 23.4 Å². The molecule has 1 aliphatic heterocycles. The van der Waals surface area contributed by atoms with Gasteiger partial charge in [0.2, 0.25) is 5.91 Å². The highest BCUT2D eigenvalue weighted by atomic mass is 16.4. The van der Waals surface area contributed by atoms with Gasteiger partial charge in [-0.3, -0.25) is 19.2 Å². The maximum absolute atomic E-state index is 13.9. The van der Waals surface area contributed by atoms with Gasteiger partial charge in [-0.1, -0.05) is 53.5 Å². The maximum atomic E-state index is 13.9. The zero-order valence-corrected chi connectivity index (χ0v) is 32.0. The molecule has 13 unspecified atom stereocenters. The summed E-state index contributed by atoms with van der Waals surface area (Å²) in [4.78, 5) is 51.9. The number of ketones is 2. The van der Waals surface area contributed by atoms with Gasteiger partial charge in [0, 0.05) is 30.7 Å². The molecule has 5 saturated carbocycles. The van der Waals surface area contributed by atoms with Crippen molar-refractivity contribution in [2.45, 2.75) is 144 Å². The number of Topliss-reactive ketones (excluding diaryl/α,β-unsaturated/α-hetero) is 2. The molecule has 0 aromatic carbocycles. The van der Waals surface area contributed by atoms with Crippen molar-refractivity contribution in [2.24, 2.45) is 75.4 Å². The molecule has 3 N–H and O–H groups in total. The average molecular weight is 691 g/mol. The number of amides is 1. The number of carbonyl (C=O) groups is 4. The van der Waals surface area contributed by atoms with Gasteiger partial charge >= 0.3 is 5.97 Å². The van der Waals surface area contributed by atoms with Crippen molar-refractivity contribution in [2.75, 3.05) is 13.1 Å². The molecule has 278 valence electrons. The zero-order chi connectivity index (χ0) is 35.7. The van der Waals surface area contributed by atoms with E-state index in [0.29, 0.717) is 72.9 Å². The van der Waals surface area contributed by atoms with Crippen LogP contribution in [0.1, 0.15) is 138 Å². The Hall–Kier alpha value is -2.02. The van der Waals surface area contributed by atoms with Gasteiger partial charge in [0.15, 0.2) is 5.78 Å². The molecule has 1 heterocycles. The van der Waals surface area contributed by atoms with Crippen molar-refractivity contribution in [3.05, 3.63) is 11.1 Å². The predicted molar refractivity (Wildman–Crippen MR) is 195 cm³/mol. The Morgan fingerprint density at radius 1 is 0.900 bits per heavy atom. The standard InChI is InChI=1S/C43H66N2O5/c1-24(2)37-35(47)23-43(18-20-45-39(48)33-9-7-8-19-44-33)17-14-32-28(38(37)43)10-11-36-41(5)15-12-27(25(3)31(41)13-16-42(32,36)6)21-34(46)29-22-30(26(29)4)40(49)50/h24-33,36,44H,7-23H2,1-6H3,(H,45,48)(H,49,50). The van der Waals surface area contributed by atoms with E-state index in [4.69, 9.17) is 0 Å². The van der Waals surface area contributed by atoms with Crippen LogP contribution in [-0.4, -0.2) is 47.7 Å². The highest BCUT2D eigenvalue weighted by Gasteiger charge is 2.64. The average Bonchev–Trinajstić information content (AvgIpc) is 3.37. The molecule has 50 heavy (non-hydrogen) atoms. The molecule has 6 fully saturated rings. The quantitative estimate of drug-likeness (QED) is 0.228. The van der Waals surface area contributed by atoms with E-state index in [1.54, 1.807) is 0 Å². The van der Waals surface area contributed by atoms with Gasteiger partial charge in [0.1, 0.15) is 5.78 Å². The van der Waals surface area contributed by atoms with Crippen molar-refractivity contribution in [3.8, 4) is 0 Å². The van der Waals surface area contributed by atoms with Gasteiger partial charge in [-0.15, -0.1) is 0 Å². The molecule has 0 aromatic rings. The van der Waals surface area contributed by atoms with Gasteiger partial charge in [-0.2, -0.15) is 0 Å². The first kappa shape index (κ1) is 36.3. The number of rotatable bonds is 9. The van der Waals surface area contributed by atoms with Crippen molar-refractivity contribution in [1.29, 1.82) is 0 Å². The van der Waals surface area contributed by atoms with Crippen molar-refractivity contribution < 1.29 is 24.3 Å². The Morgan fingerprint density at radius 3 is 2.30 bits per heavy atom. The van der Waals surface area contributed by atoms with E-state index in [1.165, 1.54) is 44.1 Å². The van der Waals surface area contributed by atoms with Gasteiger partial charge < -0.3 is 15.7 Å². The minimum Gasteiger partial charge on any atom is -0.481 e. The summed E-state index contributed by atoms with van der Waals surface area (Å²) in [7, 11) is 0. The number of carboxylic acids is 1. The van der Waals surface area contributed by atoms with E-state index in [1.807, 2.05) is 6.92 Å². The molecule has 7 heteroatoms. The summed E-state index contributed by atoms with van der Waals surface area (Å²) in [6.45, 7) is 15.6. The van der Waals surface area contributed by atoms with E-state index in [9.17, 15) is 24.3 Å². The van der Waals surface area contributed by atoms with Crippen LogP contribution < -0.4 is 10.6 Å². The van der Waals surface area contributed by atoms with E-state index in [-0.39, 0.29) is 51.9 Å². The third-order valence-corrected chi connectivity index (χ3v) is 17.0. The van der Waals surface area contributed by atoms with Crippen LogP contribution in [0.5, 0.6) is 0 Å². The fraction of sp³-hybridized carbons (Fsp3) is 0.860. The molecule has 0 bridgehead atoms. The molecule has 0 aromatic heterocycles. The molecule has 1 amide bonds. The number of nitrogens with one attached hydrogen (secondary N) is 2. The van der Waals surface area contributed by atoms with Gasteiger partial charge in [0.25, 0.3) is 0 Å².